The molecule has 0 spiro atoms. The first-order valence-electron chi connectivity index (χ1n) is 14.7. The molecule has 9 nitrogen and oxygen atoms in total. The van der Waals surface area contributed by atoms with Crippen LogP contribution in [0.1, 0.15) is 18.1 Å². The molecular formula is C33H34N6O3S2. The molecule has 3 aromatic carbocycles. The number of benzene rings is 3. The van der Waals surface area contributed by atoms with Crippen molar-refractivity contribution in [2.45, 2.75) is 18.4 Å². The number of aliphatic imine (C=N–C) groups is 1. The summed E-state index contributed by atoms with van der Waals surface area (Å²) in [5.41, 5.74) is 3.99. The zero-order valence-corrected chi connectivity index (χ0v) is 26.4. The summed E-state index contributed by atoms with van der Waals surface area (Å²) in [7, 11) is 1.99. The number of carbonyl (C=O) groups is 1. The largest absolute Gasteiger partial charge is 0.492 e. The molecule has 3 aliphatic heterocycles. The minimum absolute atomic E-state index is 0.0943. The van der Waals surface area contributed by atoms with E-state index in [1.165, 1.54) is 11.8 Å². The third-order valence-corrected chi connectivity index (χ3v) is 9.95. The third kappa shape index (κ3) is 6.59. The number of hydrogen-bond acceptors (Lipinski definition) is 10. The molecule has 0 aromatic heterocycles. The minimum atomic E-state index is -0.0943. The van der Waals surface area contributed by atoms with Crippen LogP contribution >= 0.6 is 23.5 Å². The molecule has 44 heavy (non-hydrogen) atoms. The molecule has 0 aliphatic carbocycles. The molecule has 0 atom stereocenters. The average molecular weight is 627 g/mol. The van der Waals surface area contributed by atoms with Crippen LogP contribution in [0.25, 0.3) is 0 Å². The van der Waals surface area contributed by atoms with E-state index in [-0.39, 0.29) is 5.91 Å². The van der Waals surface area contributed by atoms with Gasteiger partial charge in [0.15, 0.2) is 5.17 Å². The number of rotatable bonds is 9. The first-order chi connectivity index (χ1) is 21.5. The number of anilines is 2. The van der Waals surface area contributed by atoms with Gasteiger partial charge in [-0.15, -0.1) is 0 Å². The van der Waals surface area contributed by atoms with Gasteiger partial charge >= 0.3 is 0 Å². The lowest BCUT2D eigenvalue weighted by Gasteiger charge is -2.26. The van der Waals surface area contributed by atoms with Crippen LogP contribution in [0, 0.1) is 11.3 Å². The van der Waals surface area contributed by atoms with Crippen LogP contribution in [0.5, 0.6) is 5.75 Å². The van der Waals surface area contributed by atoms with Crippen molar-refractivity contribution in [2.24, 2.45) is 4.99 Å². The van der Waals surface area contributed by atoms with Gasteiger partial charge in [0.05, 0.1) is 53.5 Å². The van der Waals surface area contributed by atoms with Crippen molar-refractivity contribution in [1.82, 2.24) is 9.80 Å². The Morgan fingerprint density at radius 2 is 1.89 bits per heavy atom. The van der Waals surface area contributed by atoms with Gasteiger partial charge in [-0.3, -0.25) is 14.6 Å². The number of nitrogens with one attached hydrogen (secondary N) is 1. The summed E-state index contributed by atoms with van der Waals surface area (Å²) < 4.78 is 11.5. The quantitative estimate of drug-likeness (QED) is 0.293. The van der Waals surface area contributed by atoms with E-state index in [0.717, 1.165) is 65.5 Å². The number of fused-ring (bicyclic) bond motifs is 1. The predicted octanol–water partition coefficient (Wildman–Crippen LogP) is 5.88. The number of thioether (sulfide) groups is 2. The number of morpholine rings is 1. The summed E-state index contributed by atoms with van der Waals surface area (Å²) in [6, 6.07) is 23.6. The smallest absolute Gasteiger partial charge is 0.269 e. The highest BCUT2D eigenvalue weighted by Crippen LogP contribution is 2.51. The summed E-state index contributed by atoms with van der Waals surface area (Å²) >= 11 is 2.95. The molecule has 6 rings (SSSR count). The van der Waals surface area contributed by atoms with Crippen LogP contribution < -0.4 is 15.0 Å². The molecule has 3 aliphatic rings. The Hall–Kier alpha value is -3.95. The van der Waals surface area contributed by atoms with Crippen molar-refractivity contribution in [1.29, 1.82) is 5.26 Å². The molecule has 11 heteroatoms. The topological polar surface area (TPSA) is 93.4 Å². The molecule has 3 heterocycles. The maximum atomic E-state index is 14.1. The van der Waals surface area contributed by atoms with Crippen LogP contribution in [-0.4, -0.2) is 73.9 Å². The van der Waals surface area contributed by atoms with Crippen molar-refractivity contribution in [3.05, 3.63) is 87.8 Å². The van der Waals surface area contributed by atoms with E-state index >= 15 is 0 Å². The first-order valence-corrected chi connectivity index (χ1v) is 16.3. The maximum absolute atomic E-state index is 14.1. The van der Waals surface area contributed by atoms with Gasteiger partial charge < -0.3 is 19.7 Å². The highest BCUT2D eigenvalue weighted by Gasteiger charge is 2.39. The fourth-order valence-corrected chi connectivity index (χ4v) is 7.57. The van der Waals surface area contributed by atoms with Crippen molar-refractivity contribution in [3.8, 4) is 11.8 Å². The SMILES string of the molecule is CCNc1ccc(C#N)cc1N=C1SC(=C2Sc3cc(OCCN4CCOCC4)ccc3N2C)C(=O)N1Cc1ccccc1. The van der Waals surface area contributed by atoms with Gasteiger partial charge in [-0.25, -0.2) is 4.99 Å². The number of amides is 1. The standard InChI is InChI=1S/C33H34N6O3S2/c1-3-35-26-11-9-24(21-34)19-27(26)36-33-39(22-23-7-5-4-6-8-23)31(40)30(44-33)32-37(2)28-12-10-25(20-29(28)43-32)42-18-15-38-13-16-41-17-14-38/h4-12,19-20,35H,3,13-18,22H2,1-2H3. The molecule has 1 N–H and O–H groups in total. The summed E-state index contributed by atoms with van der Waals surface area (Å²) in [6.45, 7) is 7.99. The molecular weight excluding hydrogens is 593 g/mol. The predicted molar refractivity (Wildman–Crippen MR) is 177 cm³/mol. The number of hydrogen-bond donors (Lipinski definition) is 1. The fourth-order valence-electron chi connectivity index (χ4n) is 5.20. The lowest BCUT2D eigenvalue weighted by Crippen LogP contribution is -2.38. The summed E-state index contributed by atoms with van der Waals surface area (Å²) in [5, 5.41) is 14.3. The van der Waals surface area contributed by atoms with Crippen molar-refractivity contribution in [2.75, 3.05) is 63.3 Å². The summed E-state index contributed by atoms with van der Waals surface area (Å²) in [5.74, 6) is 0.721. The number of ether oxygens (including phenoxy) is 2. The van der Waals surface area contributed by atoms with Gasteiger partial charge in [0.1, 0.15) is 17.3 Å². The molecule has 1 amide bonds. The Balaban J connectivity index is 1.28. The van der Waals surface area contributed by atoms with E-state index < -0.39 is 0 Å². The lowest BCUT2D eigenvalue weighted by atomic mass is 10.2. The van der Waals surface area contributed by atoms with E-state index in [1.54, 1.807) is 28.8 Å². The number of nitriles is 1. The highest BCUT2D eigenvalue weighted by atomic mass is 32.2. The van der Waals surface area contributed by atoms with E-state index in [1.807, 2.05) is 56.4 Å². The summed E-state index contributed by atoms with van der Waals surface area (Å²) in [4.78, 5) is 26.9. The molecule has 3 aromatic rings. The summed E-state index contributed by atoms with van der Waals surface area (Å²) in [6.07, 6.45) is 0. The number of nitrogens with zero attached hydrogens (tertiary/aromatic N) is 5. The highest BCUT2D eigenvalue weighted by molar-refractivity contribution is 8.19. The Bertz CT molecular complexity index is 1630. The fraction of sp³-hybridized carbons (Fsp3) is 0.303. The molecule has 2 fully saturated rings. The third-order valence-electron chi connectivity index (χ3n) is 7.54. The van der Waals surface area contributed by atoms with Crippen LogP contribution in [0.4, 0.5) is 17.1 Å². The van der Waals surface area contributed by atoms with E-state index in [2.05, 4.69) is 33.3 Å². The molecule has 0 unspecified atom stereocenters. The zero-order chi connectivity index (χ0) is 30.5. The molecule has 226 valence electrons. The molecule has 0 radical (unpaired) electrons. The Kier molecular flexibility index (Phi) is 9.43. The first kappa shape index (κ1) is 30.1. The second-order valence-electron chi connectivity index (χ2n) is 10.5. The second kappa shape index (κ2) is 13.8. The van der Waals surface area contributed by atoms with E-state index in [4.69, 9.17) is 14.5 Å². The number of carbonyl (C=O) groups excluding carboxylic acids is 1. The minimum Gasteiger partial charge on any atom is -0.492 e. The van der Waals surface area contributed by atoms with E-state index in [9.17, 15) is 10.1 Å². The normalized spacial score (nSPS) is 19.4. The average Bonchev–Trinajstić information content (AvgIpc) is 3.53. The van der Waals surface area contributed by atoms with Gasteiger partial charge in [-0.1, -0.05) is 42.1 Å². The Morgan fingerprint density at radius 1 is 1.07 bits per heavy atom. The van der Waals surface area contributed by atoms with Gasteiger partial charge in [0.2, 0.25) is 0 Å². The van der Waals surface area contributed by atoms with E-state index in [0.29, 0.717) is 41.0 Å². The van der Waals surface area contributed by atoms with Gasteiger partial charge in [0.25, 0.3) is 5.91 Å². The lowest BCUT2D eigenvalue weighted by molar-refractivity contribution is -0.122. The second-order valence-corrected chi connectivity index (χ2v) is 12.5. The van der Waals surface area contributed by atoms with Crippen LogP contribution in [0.3, 0.4) is 0 Å². The maximum Gasteiger partial charge on any atom is 0.269 e. The van der Waals surface area contributed by atoms with Gasteiger partial charge in [0, 0.05) is 38.1 Å². The number of amidine groups is 1. The molecule has 0 saturated carbocycles. The van der Waals surface area contributed by atoms with Crippen molar-refractivity contribution >= 4 is 51.7 Å². The van der Waals surface area contributed by atoms with Crippen LogP contribution in [0.15, 0.2) is 86.6 Å². The Labute approximate surface area is 266 Å². The van der Waals surface area contributed by atoms with Gasteiger partial charge in [-0.2, -0.15) is 5.26 Å². The Morgan fingerprint density at radius 3 is 2.66 bits per heavy atom. The monoisotopic (exact) mass is 626 g/mol. The zero-order valence-electron chi connectivity index (χ0n) is 24.8. The van der Waals surface area contributed by atoms with Crippen molar-refractivity contribution in [3.63, 3.8) is 0 Å². The van der Waals surface area contributed by atoms with Gasteiger partial charge in [-0.05, 0) is 60.6 Å². The molecule has 0 bridgehead atoms. The van der Waals surface area contributed by atoms with Crippen molar-refractivity contribution < 1.29 is 14.3 Å². The molecule has 2 saturated heterocycles. The van der Waals surface area contributed by atoms with Crippen LogP contribution in [-0.2, 0) is 16.1 Å². The van der Waals surface area contributed by atoms with Crippen LogP contribution in [0.2, 0.25) is 0 Å².